The molecular formula is C15H21NO2. The van der Waals surface area contributed by atoms with Crippen LogP contribution in [0.4, 0.5) is 0 Å². The summed E-state index contributed by atoms with van der Waals surface area (Å²) in [7, 11) is 0. The van der Waals surface area contributed by atoms with Gasteiger partial charge in [-0.2, -0.15) is 0 Å². The quantitative estimate of drug-likeness (QED) is 0.834. The van der Waals surface area contributed by atoms with Crippen LogP contribution in [0.3, 0.4) is 0 Å². The smallest absolute Gasteiger partial charge is 0.338 e. The molecule has 0 spiro atoms. The first kappa shape index (κ1) is 13.1. The lowest BCUT2D eigenvalue weighted by Gasteiger charge is -2.16. The normalized spacial score (nSPS) is 24.3. The minimum Gasteiger partial charge on any atom is -0.462 e. The van der Waals surface area contributed by atoms with Crippen LogP contribution in [0, 0.1) is 11.8 Å². The first-order valence-corrected chi connectivity index (χ1v) is 6.68. The monoisotopic (exact) mass is 247 g/mol. The molecule has 0 aromatic heterocycles. The molecule has 1 fully saturated rings. The maximum absolute atomic E-state index is 11.8. The molecule has 18 heavy (non-hydrogen) atoms. The zero-order chi connectivity index (χ0) is 12.8. The maximum Gasteiger partial charge on any atom is 0.338 e. The summed E-state index contributed by atoms with van der Waals surface area (Å²) in [6.45, 7) is 4.88. The topological polar surface area (TPSA) is 38.3 Å². The summed E-state index contributed by atoms with van der Waals surface area (Å²) < 4.78 is 5.40. The average Bonchev–Trinajstić information content (AvgIpc) is 2.61. The highest BCUT2D eigenvalue weighted by Crippen LogP contribution is 2.18. The van der Waals surface area contributed by atoms with Gasteiger partial charge < -0.3 is 10.1 Å². The second-order valence-corrected chi connectivity index (χ2v) is 5.16. The van der Waals surface area contributed by atoms with Crippen LogP contribution in [0.2, 0.25) is 0 Å². The van der Waals surface area contributed by atoms with E-state index in [4.69, 9.17) is 4.74 Å². The van der Waals surface area contributed by atoms with Gasteiger partial charge in [-0.3, -0.25) is 0 Å². The first-order chi connectivity index (χ1) is 8.75. The van der Waals surface area contributed by atoms with Crippen LogP contribution in [0.25, 0.3) is 0 Å². The molecule has 1 N–H and O–H groups in total. The molecule has 1 aliphatic heterocycles. The predicted octanol–water partition coefficient (Wildman–Crippen LogP) is 2.48. The number of esters is 1. The summed E-state index contributed by atoms with van der Waals surface area (Å²) in [5.41, 5.74) is 0.636. The van der Waals surface area contributed by atoms with Gasteiger partial charge in [-0.05, 0) is 49.9 Å². The summed E-state index contributed by atoms with van der Waals surface area (Å²) in [5, 5.41) is 3.41. The van der Waals surface area contributed by atoms with Crippen LogP contribution in [0.15, 0.2) is 30.3 Å². The van der Waals surface area contributed by atoms with Gasteiger partial charge in [-0.15, -0.1) is 0 Å². The molecule has 0 saturated carbocycles. The maximum atomic E-state index is 11.8. The molecule has 2 unspecified atom stereocenters. The fourth-order valence-electron chi connectivity index (χ4n) is 2.43. The third-order valence-electron chi connectivity index (χ3n) is 3.42. The van der Waals surface area contributed by atoms with Crippen molar-refractivity contribution in [2.24, 2.45) is 11.8 Å². The van der Waals surface area contributed by atoms with Gasteiger partial charge in [-0.1, -0.05) is 25.1 Å². The zero-order valence-corrected chi connectivity index (χ0v) is 10.9. The SMILES string of the molecule is CC1CNCCC(COC(=O)c2ccccc2)C1. The number of hydrogen-bond donors (Lipinski definition) is 1. The Morgan fingerprint density at radius 1 is 1.39 bits per heavy atom. The van der Waals surface area contributed by atoms with Crippen LogP contribution in [0.5, 0.6) is 0 Å². The predicted molar refractivity (Wildman–Crippen MR) is 71.5 cm³/mol. The molecule has 0 aliphatic carbocycles. The van der Waals surface area contributed by atoms with Gasteiger partial charge in [0.25, 0.3) is 0 Å². The van der Waals surface area contributed by atoms with E-state index in [0.717, 1.165) is 25.9 Å². The first-order valence-electron chi connectivity index (χ1n) is 6.68. The summed E-state index contributed by atoms with van der Waals surface area (Å²) in [6, 6.07) is 9.19. The molecule has 1 aliphatic rings. The van der Waals surface area contributed by atoms with Gasteiger partial charge in [-0.25, -0.2) is 4.79 Å². The Kier molecular flexibility index (Phi) is 4.76. The van der Waals surface area contributed by atoms with E-state index in [1.54, 1.807) is 12.1 Å². The third-order valence-corrected chi connectivity index (χ3v) is 3.42. The molecule has 2 atom stereocenters. The van der Waals surface area contributed by atoms with Gasteiger partial charge >= 0.3 is 5.97 Å². The highest BCUT2D eigenvalue weighted by molar-refractivity contribution is 5.89. The van der Waals surface area contributed by atoms with E-state index < -0.39 is 0 Å². The third kappa shape index (κ3) is 3.84. The average molecular weight is 247 g/mol. The number of nitrogens with one attached hydrogen (secondary N) is 1. The van der Waals surface area contributed by atoms with Gasteiger partial charge in [0.15, 0.2) is 0 Å². The Morgan fingerprint density at radius 3 is 2.94 bits per heavy atom. The van der Waals surface area contributed by atoms with Crippen LogP contribution in [-0.4, -0.2) is 25.7 Å². The Balaban J connectivity index is 1.82. The Bertz CT molecular complexity index is 377. The van der Waals surface area contributed by atoms with Crippen molar-refractivity contribution in [3.63, 3.8) is 0 Å². The van der Waals surface area contributed by atoms with E-state index in [1.807, 2.05) is 18.2 Å². The molecule has 0 bridgehead atoms. The summed E-state index contributed by atoms with van der Waals surface area (Å²) >= 11 is 0. The van der Waals surface area contributed by atoms with Crippen LogP contribution < -0.4 is 5.32 Å². The van der Waals surface area contributed by atoms with Crippen molar-refractivity contribution in [3.05, 3.63) is 35.9 Å². The van der Waals surface area contributed by atoms with Crippen molar-refractivity contribution in [3.8, 4) is 0 Å². The Hall–Kier alpha value is -1.35. The number of ether oxygens (including phenoxy) is 1. The highest BCUT2D eigenvalue weighted by Gasteiger charge is 2.18. The van der Waals surface area contributed by atoms with Gasteiger partial charge in [0.05, 0.1) is 12.2 Å². The number of rotatable bonds is 3. The number of benzene rings is 1. The van der Waals surface area contributed by atoms with Gasteiger partial charge in [0.2, 0.25) is 0 Å². The van der Waals surface area contributed by atoms with Crippen molar-refractivity contribution in [1.82, 2.24) is 5.32 Å². The Morgan fingerprint density at radius 2 is 2.17 bits per heavy atom. The van der Waals surface area contributed by atoms with Crippen molar-refractivity contribution >= 4 is 5.97 Å². The van der Waals surface area contributed by atoms with Crippen molar-refractivity contribution in [1.29, 1.82) is 0 Å². The minimum absolute atomic E-state index is 0.208. The molecule has 1 heterocycles. The number of hydrogen-bond acceptors (Lipinski definition) is 3. The van der Waals surface area contributed by atoms with Crippen molar-refractivity contribution < 1.29 is 9.53 Å². The second-order valence-electron chi connectivity index (χ2n) is 5.16. The lowest BCUT2D eigenvalue weighted by atomic mass is 9.96. The molecule has 0 amide bonds. The van der Waals surface area contributed by atoms with Gasteiger partial charge in [0.1, 0.15) is 0 Å². The minimum atomic E-state index is -0.208. The van der Waals surface area contributed by atoms with Crippen molar-refractivity contribution in [2.75, 3.05) is 19.7 Å². The molecule has 3 heteroatoms. The van der Waals surface area contributed by atoms with E-state index in [0.29, 0.717) is 24.0 Å². The van der Waals surface area contributed by atoms with Crippen LogP contribution in [0.1, 0.15) is 30.1 Å². The van der Waals surface area contributed by atoms with E-state index in [9.17, 15) is 4.79 Å². The molecule has 1 aromatic carbocycles. The lowest BCUT2D eigenvalue weighted by Crippen LogP contribution is -2.18. The largest absolute Gasteiger partial charge is 0.462 e. The van der Waals surface area contributed by atoms with E-state index in [-0.39, 0.29) is 5.97 Å². The fourth-order valence-corrected chi connectivity index (χ4v) is 2.43. The lowest BCUT2D eigenvalue weighted by molar-refractivity contribution is 0.0422. The van der Waals surface area contributed by atoms with E-state index in [2.05, 4.69) is 12.2 Å². The standard InChI is InChI=1S/C15H21NO2/c1-12-9-13(7-8-16-10-12)11-18-15(17)14-5-3-2-4-6-14/h2-6,12-13,16H,7-11H2,1H3. The molecule has 3 nitrogen and oxygen atoms in total. The summed E-state index contributed by atoms with van der Waals surface area (Å²) in [5.74, 6) is 0.941. The van der Waals surface area contributed by atoms with Crippen LogP contribution in [-0.2, 0) is 4.74 Å². The van der Waals surface area contributed by atoms with E-state index in [1.165, 1.54) is 0 Å². The van der Waals surface area contributed by atoms with Crippen molar-refractivity contribution in [2.45, 2.75) is 19.8 Å². The van der Waals surface area contributed by atoms with Gasteiger partial charge in [0, 0.05) is 0 Å². The highest BCUT2D eigenvalue weighted by atomic mass is 16.5. The molecule has 0 radical (unpaired) electrons. The Labute approximate surface area is 109 Å². The fraction of sp³-hybridized carbons (Fsp3) is 0.533. The molecule has 98 valence electrons. The second kappa shape index (κ2) is 6.55. The van der Waals surface area contributed by atoms with Crippen LogP contribution >= 0.6 is 0 Å². The summed E-state index contributed by atoms with van der Waals surface area (Å²) in [6.07, 6.45) is 2.22. The number of carbonyl (C=O) groups excluding carboxylic acids is 1. The zero-order valence-electron chi connectivity index (χ0n) is 10.9. The molecule has 2 rings (SSSR count). The van der Waals surface area contributed by atoms with E-state index >= 15 is 0 Å². The molecular weight excluding hydrogens is 226 g/mol. The summed E-state index contributed by atoms with van der Waals surface area (Å²) in [4.78, 5) is 11.8. The molecule has 1 saturated heterocycles. The number of carbonyl (C=O) groups is 1. The molecule has 1 aromatic rings.